The highest BCUT2D eigenvalue weighted by molar-refractivity contribution is 7.92. The molecule has 4 nitrogen and oxygen atoms in total. The van der Waals surface area contributed by atoms with Crippen LogP contribution in [0.4, 0.5) is 5.69 Å². The van der Waals surface area contributed by atoms with Gasteiger partial charge in [-0.25, -0.2) is 8.42 Å². The molecule has 0 aromatic heterocycles. The molecule has 22 heavy (non-hydrogen) atoms. The van der Waals surface area contributed by atoms with E-state index in [1.807, 2.05) is 13.0 Å². The summed E-state index contributed by atoms with van der Waals surface area (Å²) >= 11 is 0. The lowest BCUT2D eigenvalue weighted by atomic mass is 10.1. The minimum Gasteiger partial charge on any atom is -0.494 e. The molecule has 0 aliphatic heterocycles. The zero-order valence-corrected chi connectivity index (χ0v) is 13.3. The van der Waals surface area contributed by atoms with Crippen molar-refractivity contribution in [1.82, 2.24) is 0 Å². The Hall–Kier alpha value is -2.01. The van der Waals surface area contributed by atoms with E-state index in [0.717, 1.165) is 24.8 Å². The van der Waals surface area contributed by atoms with E-state index in [-0.39, 0.29) is 0 Å². The summed E-state index contributed by atoms with van der Waals surface area (Å²) in [5.74, 6) is 0.650. The highest BCUT2D eigenvalue weighted by atomic mass is 32.2. The molecular weight excluding hydrogens is 298 g/mol. The van der Waals surface area contributed by atoms with Crippen LogP contribution in [0.1, 0.15) is 24.5 Å². The van der Waals surface area contributed by atoms with Crippen molar-refractivity contribution in [2.45, 2.75) is 31.1 Å². The van der Waals surface area contributed by atoms with Crippen molar-refractivity contribution in [3.63, 3.8) is 0 Å². The van der Waals surface area contributed by atoms with Crippen LogP contribution in [0.3, 0.4) is 0 Å². The summed E-state index contributed by atoms with van der Waals surface area (Å²) in [4.78, 5) is 0.315. The first-order valence-corrected chi connectivity index (χ1v) is 8.94. The fourth-order valence-electron chi connectivity index (χ4n) is 2.75. The summed E-state index contributed by atoms with van der Waals surface area (Å²) in [5, 5.41) is 0. The lowest BCUT2D eigenvalue weighted by Crippen LogP contribution is -2.13. The third-order valence-corrected chi connectivity index (χ3v) is 5.16. The van der Waals surface area contributed by atoms with E-state index in [9.17, 15) is 8.42 Å². The number of benzene rings is 2. The number of aryl methyl sites for hydroxylation is 2. The highest BCUT2D eigenvalue weighted by Crippen LogP contribution is 2.26. The highest BCUT2D eigenvalue weighted by Gasteiger charge is 2.18. The van der Waals surface area contributed by atoms with Gasteiger partial charge in [0.2, 0.25) is 0 Å². The van der Waals surface area contributed by atoms with Crippen molar-refractivity contribution in [2.24, 2.45) is 0 Å². The van der Waals surface area contributed by atoms with Gasteiger partial charge in [-0.2, -0.15) is 0 Å². The first kappa shape index (κ1) is 14.9. The molecule has 0 amide bonds. The second-order valence-corrected chi connectivity index (χ2v) is 7.03. The molecule has 1 aliphatic carbocycles. The quantitative estimate of drug-likeness (QED) is 0.920. The second-order valence-electron chi connectivity index (χ2n) is 5.35. The largest absolute Gasteiger partial charge is 0.494 e. The summed E-state index contributed by atoms with van der Waals surface area (Å²) in [6.45, 7) is 2.43. The minimum absolute atomic E-state index is 0.315. The zero-order valence-electron chi connectivity index (χ0n) is 12.5. The summed E-state index contributed by atoms with van der Waals surface area (Å²) in [7, 11) is -3.57. The number of rotatable bonds is 5. The molecule has 0 radical (unpaired) electrons. The number of ether oxygens (including phenoxy) is 1. The van der Waals surface area contributed by atoms with Gasteiger partial charge < -0.3 is 4.74 Å². The second kappa shape index (κ2) is 6.01. The van der Waals surface area contributed by atoms with Crippen LogP contribution in [-0.4, -0.2) is 15.0 Å². The average Bonchev–Trinajstić information content (AvgIpc) is 2.95. The number of hydrogen-bond donors (Lipinski definition) is 1. The van der Waals surface area contributed by atoms with Gasteiger partial charge in [0.1, 0.15) is 5.75 Å². The normalized spacial score (nSPS) is 13.7. The first-order chi connectivity index (χ1) is 10.6. The Morgan fingerprint density at radius 2 is 1.91 bits per heavy atom. The molecule has 0 spiro atoms. The van der Waals surface area contributed by atoms with Gasteiger partial charge in [0.05, 0.1) is 17.2 Å². The van der Waals surface area contributed by atoms with E-state index >= 15 is 0 Å². The van der Waals surface area contributed by atoms with Crippen LogP contribution in [0.5, 0.6) is 5.75 Å². The maximum Gasteiger partial charge on any atom is 0.261 e. The first-order valence-electron chi connectivity index (χ1n) is 7.46. The van der Waals surface area contributed by atoms with Crippen molar-refractivity contribution in [3.05, 3.63) is 53.6 Å². The third-order valence-electron chi connectivity index (χ3n) is 3.78. The number of anilines is 1. The predicted octanol–water partition coefficient (Wildman–Crippen LogP) is 3.37. The van der Waals surface area contributed by atoms with Crippen molar-refractivity contribution >= 4 is 15.7 Å². The third kappa shape index (κ3) is 3.09. The van der Waals surface area contributed by atoms with Gasteiger partial charge in [0, 0.05) is 6.07 Å². The molecule has 0 atom stereocenters. The van der Waals surface area contributed by atoms with Crippen molar-refractivity contribution < 1.29 is 13.2 Å². The van der Waals surface area contributed by atoms with E-state index in [1.54, 1.807) is 36.4 Å². The molecular formula is C17H19NO3S. The van der Waals surface area contributed by atoms with Crippen LogP contribution in [-0.2, 0) is 22.9 Å². The van der Waals surface area contributed by atoms with Gasteiger partial charge >= 0.3 is 0 Å². The van der Waals surface area contributed by atoms with Gasteiger partial charge in [0.15, 0.2) is 0 Å². The lowest BCUT2D eigenvalue weighted by molar-refractivity contribution is 0.340. The number of hydrogen-bond acceptors (Lipinski definition) is 3. The summed E-state index contributed by atoms with van der Waals surface area (Å²) in [6, 6.07) is 12.4. The van der Waals surface area contributed by atoms with Crippen LogP contribution < -0.4 is 9.46 Å². The van der Waals surface area contributed by atoms with E-state index < -0.39 is 10.0 Å². The van der Waals surface area contributed by atoms with E-state index in [2.05, 4.69) is 4.72 Å². The van der Waals surface area contributed by atoms with Crippen LogP contribution in [0.25, 0.3) is 0 Å². The van der Waals surface area contributed by atoms with Crippen molar-refractivity contribution in [1.29, 1.82) is 0 Å². The SMILES string of the molecule is CCOc1cccc(NS(=O)(=O)c2ccc3c(c2)CCC3)c1. The van der Waals surface area contributed by atoms with Crippen LogP contribution in [0.2, 0.25) is 0 Å². The Bertz CT molecular complexity index is 784. The lowest BCUT2D eigenvalue weighted by Gasteiger charge is -2.11. The molecule has 0 heterocycles. The number of nitrogens with one attached hydrogen (secondary N) is 1. The Balaban J connectivity index is 1.86. The van der Waals surface area contributed by atoms with E-state index in [4.69, 9.17) is 4.74 Å². The Labute approximate surface area is 131 Å². The zero-order chi connectivity index (χ0) is 15.6. The monoisotopic (exact) mass is 317 g/mol. The smallest absolute Gasteiger partial charge is 0.261 e. The maximum atomic E-state index is 12.5. The predicted molar refractivity (Wildman–Crippen MR) is 86.9 cm³/mol. The van der Waals surface area contributed by atoms with E-state index in [0.29, 0.717) is 22.9 Å². The van der Waals surface area contributed by atoms with Crippen LogP contribution >= 0.6 is 0 Å². The summed E-state index contributed by atoms with van der Waals surface area (Å²) < 4.78 is 33.0. The molecule has 5 heteroatoms. The molecule has 0 fully saturated rings. The number of fused-ring (bicyclic) bond motifs is 1. The van der Waals surface area contributed by atoms with Crippen molar-refractivity contribution in [3.8, 4) is 5.75 Å². The van der Waals surface area contributed by atoms with Gasteiger partial charge in [-0.15, -0.1) is 0 Å². The fraction of sp³-hybridized carbons (Fsp3) is 0.294. The molecule has 1 aliphatic rings. The standard InChI is InChI=1S/C17H19NO3S/c1-2-21-16-8-4-7-15(12-16)18-22(19,20)17-10-9-13-5-3-6-14(13)11-17/h4,7-12,18H,2-3,5-6H2,1H3. The van der Waals surface area contributed by atoms with Crippen molar-refractivity contribution in [2.75, 3.05) is 11.3 Å². The molecule has 0 saturated carbocycles. The minimum atomic E-state index is -3.57. The van der Waals surface area contributed by atoms with Crippen LogP contribution in [0.15, 0.2) is 47.4 Å². The molecule has 0 unspecified atom stereocenters. The Kier molecular flexibility index (Phi) is 4.07. The van der Waals surface area contributed by atoms with Gasteiger partial charge in [0.25, 0.3) is 10.0 Å². The molecule has 3 rings (SSSR count). The van der Waals surface area contributed by atoms with Gasteiger partial charge in [-0.3, -0.25) is 4.72 Å². The Morgan fingerprint density at radius 3 is 2.73 bits per heavy atom. The topological polar surface area (TPSA) is 55.4 Å². The molecule has 2 aromatic rings. The Morgan fingerprint density at radius 1 is 1.09 bits per heavy atom. The summed E-state index contributed by atoms with van der Waals surface area (Å²) in [5.41, 5.74) is 2.91. The van der Waals surface area contributed by atoms with E-state index in [1.165, 1.54) is 5.56 Å². The molecule has 0 saturated heterocycles. The fourth-order valence-corrected chi connectivity index (χ4v) is 3.85. The maximum absolute atomic E-state index is 12.5. The number of sulfonamides is 1. The van der Waals surface area contributed by atoms with Gasteiger partial charge in [-0.05, 0) is 61.6 Å². The van der Waals surface area contributed by atoms with Crippen LogP contribution in [0, 0.1) is 0 Å². The molecule has 116 valence electrons. The molecule has 2 aromatic carbocycles. The summed E-state index contributed by atoms with van der Waals surface area (Å²) in [6.07, 6.45) is 3.10. The van der Waals surface area contributed by atoms with Gasteiger partial charge in [-0.1, -0.05) is 12.1 Å². The average molecular weight is 317 g/mol. The molecule has 1 N–H and O–H groups in total. The molecule has 0 bridgehead atoms.